The van der Waals surface area contributed by atoms with E-state index in [0.717, 1.165) is 30.6 Å². The molecule has 1 atom stereocenters. The van der Waals surface area contributed by atoms with E-state index in [4.69, 9.17) is 4.74 Å². The van der Waals surface area contributed by atoms with Crippen molar-refractivity contribution >= 4 is 5.91 Å². The normalized spacial score (nSPS) is 20.6. The lowest BCUT2D eigenvalue weighted by molar-refractivity contribution is 0.0541. The first-order valence-electron chi connectivity index (χ1n) is 9.66. The van der Waals surface area contributed by atoms with Crippen LogP contribution in [0.2, 0.25) is 0 Å². The first-order valence-corrected chi connectivity index (χ1v) is 9.66. The molecule has 1 aliphatic heterocycles. The minimum Gasteiger partial charge on any atom is -0.488 e. The average molecular weight is 389 g/mol. The van der Waals surface area contributed by atoms with Crippen molar-refractivity contribution in [1.82, 2.24) is 14.7 Å². The highest BCUT2D eigenvalue weighted by molar-refractivity contribution is 5.95. The molecule has 2 aromatic rings. The Labute approximate surface area is 163 Å². The summed E-state index contributed by atoms with van der Waals surface area (Å²) < 4.78 is 34.1. The van der Waals surface area contributed by atoms with Gasteiger partial charge in [0.25, 0.3) is 12.3 Å². The number of aromatic nitrogens is 2. The third-order valence-corrected chi connectivity index (χ3v) is 5.44. The van der Waals surface area contributed by atoms with E-state index in [0.29, 0.717) is 6.54 Å². The molecule has 1 fully saturated rings. The van der Waals surface area contributed by atoms with Gasteiger partial charge in [-0.05, 0) is 44.7 Å². The molecule has 0 radical (unpaired) electrons. The van der Waals surface area contributed by atoms with E-state index >= 15 is 0 Å². The van der Waals surface area contributed by atoms with Crippen molar-refractivity contribution in [2.75, 3.05) is 6.54 Å². The second-order valence-electron chi connectivity index (χ2n) is 8.39. The quantitative estimate of drug-likeness (QED) is 0.766. The molecule has 1 saturated carbocycles. The highest BCUT2D eigenvalue weighted by atomic mass is 19.3. The van der Waals surface area contributed by atoms with E-state index in [-0.39, 0.29) is 29.0 Å². The van der Waals surface area contributed by atoms with Crippen LogP contribution >= 0.6 is 0 Å². The van der Waals surface area contributed by atoms with Gasteiger partial charge in [0.05, 0.1) is 5.56 Å². The number of hydrogen-bond donors (Lipinski definition) is 0. The minimum atomic E-state index is -2.77. The predicted molar refractivity (Wildman–Crippen MR) is 101 cm³/mol. The molecule has 7 heteroatoms. The number of fused-ring (bicyclic) bond motifs is 1. The highest BCUT2D eigenvalue weighted by Crippen LogP contribution is 2.42. The van der Waals surface area contributed by atoms with Gasteiger partial charge >= 0.3 is 0 Å². The maximum Gasteiger partial charge on any atom is 0.282 e. The smallest absolute Gasteiger partial charge is 0.282 e. The van der Waals surface area contributed by atoms with Crippen molar-refractivity contribution in [2.45, 2.75) is 57.1 Å². The van der Waals surface area contributed by atoms with Crippen LogP contribution in [0.1, 0.15) is 67.1 Å². The van der Waals surface area contributed by atoms with Crippen molar-refractivity contribution in [3.63, 3.8) is 0 Å². The lowest BCUT2D eigenvalue weighted by Gasteiger charge is -2.39. The van der Waals surface area contributed by atoms with Gasteiger partial charge in [-0.25, -0.2) is 8.78 Å². The SMILES string of the molecule is Cn1cc(C(=O)N(CC2CC(C)(C)Oc3ccccc32)C2CC2)c(C(F)F)n1. The summed E-state index contributed by atoms with van der Waals surface area (Å²) in [6, 6.07) is 7.98. The number of para-hydroxylation sites is 1. The Hall–Kier alpha value is -2.44. The van der Waals surface area contributed by atoms with Crippen molar-refractivity contribution < 1.29 is 18.3 Å². The maximum atomic E-state index is 13.4. The van der Waals surface area contributed by atoms with Gasteiger partial charge in [-0.1, -0.05) is 18.2 Å². The monoisotopic (exact) mass is 389 g/mol. The number of nitrogens with zero attached hydrogens (tertiary/aromatic N) is 3. The van der Waals surface area contributed by atoms with E-state index in [9.17, 15) is 13.6 Å². The summed E-state index contributed by atoms with van der Waals surface area (Å²) in [5, 5.41) is 3.80. The fourth-order valence-corrected chi connectivity index (χ4v) is 4.12. The van der Waals surface area contributed by atoms with Crippen LogP contribution in [0.15, 0.2) is 30.5 Å². The number of carbonyl (C=O) groups is 1. The molecule has 150 valence electrons. The topological polar surface area (TPSA) is 47.4 Å². The minimum absolute atomic E-state index is 0.00371. The number of carbonyl (C=O) groups excluding carboxylic acids is 1. The van der Waals surface area contributed by atoms with Crippen LogP contribution < -0.4 is 4.74 Å². The summed E-state index contributed by atoms with van der Waals surface area (Å²) in [6.45, 7) is 4.56. The molecule has 1 aliphatic carbocycles. The lowest BCUT2D eigenvalue weighted by atomic mass is 9.84. The van der Waals surface area contributed by atoms with Gasteiger partial charge in [-0.3, -0.25) is 9.48 Å². The summed E-state index contributed by atoms with van der Waals surface area (Å²) >= 11 is 0. The molecule has 0 saturated heterocycles. The molecule has 0 spiro atoms. The molecular weight excluding hydrogens is 364 g/mol. The molecule has 0 N–H and O–H groups in total. The number of rotatable bonds is 5. The van der Waals surface area contributed by atoms with Crippen LogP contribution in [0.4, 0.5) is 8.78 Å². The fourth-order valence-electron chi connectivity index (χ4n) is 4.12. The molecule has 1 aromatic carbocycles. The van der Waals surface area contributed by atoms with Gasteiger partial charge in [0.15, 0.2) is 0 Å². The maximum absolute atomic E-state index is 13.4. The molecule has 5 nitrogen and oxygen atoms in total. The van der Waals surface area contributed by atoms with Crippen LogP contribution in [0.3, 0.4) is 0 Å². The molecule has 4 rings (SSSR count). The van der Waals surface area contributed by atoms with Gasteiger partial charge in [-0.15, -0.1) is 0 Å². The van der Waals surface area contributed by atoms with Crippen molar-refractivity contribution in [1.29, 1.82) is 0 Å². The average Bonchev–Trinajstić information content (AvgIpc) is 3.38. The predicted octanol–water partition coefficient (Wildman–Crippen LogP) is 4.31. The molecule has 1 aromatic heterocycles. The molecular formula is C21H25F2N3O2. The number of alkyl halides is 2. The largest absolute Gasteiger partial charge is 0.488 e. The third kappa shape index (κ3) is 3.62. The van der Waals surface area contributed by atoms with E-state index in [1.807, 2.05) is 38.1 Å². The number of benzene rings is 1. The summed E-state index contributed by atoms with van der Waals surface area (Å²) in [6.07, 6.45) is 1.20. The number of amides is 1. The van der Waals surface area contributed by atoms with Crippen LogP contribution in [0.25, 0.3) is 0 Å². The van der Waals surface area contributed by atoms with Crippen LogP contribution in [-0.2, 0) is 7.05 Å². The number of halogens is 2. The standard InChI is InChI=1S/C21H25F2N3O2/c1-21(2)10-13(15-6-4-5-7-17(15)28-21)11-26(14-8-9-14)20(27)16-12-25(3)24-18(16)19(22)23/h4-7,12-14,19H,8-11H2,1-3H3. The Bertz CT molecular complexity index is 890. The van der Waals surface area contributed by atoms with Crippen LogP contribution in [0, 0.1) is 0 Å². The van der Waals surface area contributed by atoms with Crippen molar-refractivity contribution in [3.05, 3.63) is 47.3 Å². The zero-order chi connectivity index (χ0) is 20.1. The molecule has 0 bridgehead atoms. The second kappa shape index (κ2) is 6.87. The van der Waals surface area contributed by atoms with Crippen molar-refractivity contribution in [3.8, 4) is 5.75 Å². The first-order chi connectivity index (χ1) is 13.2. The Morgan fingerprint density at radius 3 is 2.75 bits per heavy atom. The van der Waals surface area contributed by atoms with E-state index in [1.54, 1.807) is 11.9 Å². The van der Waals surface area contributed by atoms with Gasteiger partial charge < -0.3 is 9.64 Å². The van der Waals surface area contributed by atoms with Gasteiger partial charge in [0.1, 0.15) is 17.0 Å². The second-order valence-corrected chi connectivity index (χ2v) is 8.39. The zero-order valence-electron chi connectivity index (χ0n) is 16.4. The van der Waals surface area contributed by atoms with Crippen LogP contribution in [0.5, 0.6) is 5.75 Å². The van der Waals surface area contributed by atoms with E-state index < -0.39 is 12.1 Å². The molecule has 2 aliphatic rings. The molecule has 28 heavy (non-hydrogen) atoms. The highest BCUT2D eigenvalue weighted by Gasteiger charge is 2.40. The molecule has 1 amide bonds. The van der Waals surface area contributed by atoms with E-state index in [1.165, 1.54) is 10.9 Å². The Morgan fingerprint density at radius 1 is 1.36 bits per heavy atom. The number of hydrogen-bond acceptors (Lipinski definition) is 3. The zero-order valence-corrected chi connectivity index (χ0v) is 16.4. The summed E-state index contributed by atoms with van der Waals surface area (Å²) in [4.78, 5) is 15.0. The van der Waals surface area contributed by atoms with Crippen molar-refractivity contribution in [2.24, 2.45) is 7.05 Å². The van der Waals surface area contributed by atoms with Gasteiger partial charge in [0.2, 0.25) is 0 Å². The Balaban J connectivity index is 1.64. The van der Waals surface area contributed by atoms with E-state index in [2.05, 4.69) is 5.10 Å². The fraction of sp³-hybridized carbons (Fsp3) is 0.524. The summed E-state index contributed by atoms with van der Waals surface area (Å²) in [5.74, 6) is 0.574. The number of aryl methyl sites for hydroxylation is 1. The lowest BCUT2D eigenvalue weighted by Crippen LogP contribution is -2.42. The summed E-state index contributed by atoms with van der Waals surface area (Å²) in [5.41, 5.74) is 0.287. The van der Waals surface area contributed by atoms with Gasteiger partial charge in [-0.2, -0.15) is 5.10 Å². The first kappa shape index (κ1) is 18.9. The van der Waals surface area contributed by atoms with Gasteiger partial charge in [0, 0.05) is 31.7 Å². The summed E-state index contributed by atoms with van der Waals surface area (Å²) in [7, 11) is 1.56. The molecule has 2 heterocycles. The molecule has 1 unspecified atom stereocenters. The van der Waals surface area contributed by atoms with Crippen LogP contribution in [-0.4, -0.2) is 38.8 Å². The number of ether oxygens (including phenoxy) is 1. The Morgan fingerprint density at radius 2 is 2.07 bits per heavy atom. The Kier molecular flexibility index (Phi) is 4.63. The third-order valence-electron chi connectivity index (χ3n) is 5.44.